The lowest BCUT2D eigenvalue weighted by atomic mass is 9.88. The van der Waals surface area contributed by atoms with Crippen molar-refractivity contribution in [1.82, 2.24) is 14.8 Å². The van der Waals surface area contributed by atoms with Crippen LogP contribution < -0.4 is 0 Å². The molecule has 4 heteroatoms. The second-order valence-electron chi connectivity index (χ2n) is 6.16. The molecular weight excluding hydrogens is 234 g/mol. The first-order valence-corrected chi connectivity index (χ1v) is 6.95. The van der Waals surface area contributed by atoms with Crippen molar-refractivity contribution in [1.29, 1.82) is 0 Å². The van der Waals surface area contributed by atoms with Crippen LogP contribution in [-0.2, 0) is 12.0 Å². The Morgan fingerprint density at radius 2 is 1.82 bits per heavy atom. The first kappa shape index (κ1) is 12.9. The first-order valence-electron chi connectivity index (χ1n) is 6.57. The molecule has 1 aliphatic carbocycles. The molecule has 0 amide bonds. The van der Waals surface area contributed by atoms with Crippen molar-refractivity contribution in [3.63, 3.8) is 0 Å². The standard InChI is InChI=1S/C13H22ClN3/c1-13(2,3)11-15-16-12(14)17(11)9-10-7-5-4-6-8-10/h10H,4-9H2,1-3H3. The van der Waals surface area contributed by atoms with Gasteiger partial charge in [0, 0.05) is 12.0 Å². The lowest BCUT2D eigenvalue weighted by molar-refractivity contribution is 0.310. The van der Waals surface area contributed by atoms with E-state index in [2.05, 4.69) is 35.5 Å². The predicted molar refractivity (Wildman–Crippen MR) is 70.3 cm³/mol. The van der Waals surface area contributed by atoms with Gasteiger partial charge < -0.3 is 4.57 Å². The molecule has 1 aromatic heterocycles. The van der Waals surface area contributed by atoms with Crippen LogP contribution in [0.15, 0.2) is 0 Å². The van der Waals surface area contributed by atoms with Crippen LogP contribution in [-0.4, -0.2) is 14.8 Å². The highest BCUT2D eigenvalue weighted by Crippen LogP contribution is 2.29. The summed E-state index contributed by atoms with van der Waals surface area (Å²) in [6.45, 7) is 7.46. The number of hydrogen-bond acceptors (Lipinski definition) is 2. The summed E-state index contributed by atoms with van der Waals surface area (Å²) in [7, 11) is 0. The van der Waals surface area contributed by atoms with Gasteiger partial charge in [-0.1, -0.05) is 40.0 Å². The fourth-order valence-electron chi connectivity index (χ4n) is 2.63. The van der Waals surface area contributed by atoms with Gasteiger partial charge in [-0.3, -0.25) is 0 Å². The van der Waals surface area contributed by atoms with Crippen LogP contribution in [0.5, 0.6) is 0 Å². The van der Waals surface area contributed by atoms with Gasteiger partial charge in [0.15, 0.2) is 0 Å². The Balaban J connectivity index is 2.16. The maximum atomic E-state index is 6.16. The summed E-state index contributed by atoms with van der Waals surface area (Å²) in [5.74, 6) is 1.76. The van der Waals surface area contributed by atoms with E-state index in [4.69, 9.17) is 11.6 Å². The second-order valence-corrected chi connectivity index (χ2v) is 6.50. The van der Waals surface area contributed by atoms with Gasteiger partial charge in [0.05, 0.1) is 0 Å². The van der Waals surface area contributed by atoms with Crippen LogP contribution in [0.1, 0.15) is 58.7 Å². The largest absolute Gasteiger partial charge is 0.301 e. The molecule has 0 aromatic carbocycles. The van der Waals surface area contributed by atoms with Gasteiger partial charge in [-0.15, -0.1) is 10.2 Å². The average Bonchev–Trinajstić information content (AvgIpc) is 2.62. The molecule has 0 N–H and O–H groups in total. The van der Waals surface area contributed by atoms with Crippen molar-refractivity contribution in [2.45, 2.75) is 64.8 Å². The van der Waals surface area contributed by atoms with Crippen molar-refractivity contribution in [2.24, 2.45) is 5.92 Å². The van der Waals surface area contributed by atoms with Crippen LogP contribution in [0.2, 0.25) is 5.28 Å². The highest BCUT2D eigenvalue weighted by atomic mass is 35.5. The molecule has 2 rings (SSSR count). The van der Waals surface area contributed by atoms with Crippen molar-refractivity contribution in [3.8, 4) is 0 Å². The van der Waals surface area contributed by atoms with Crippen molar-refractivity contribution < 1.29 is 0 Å². The Bertz CT molecular complexity index is 373. The van der Waals surface area contributed by atoms with E-state index in [-0.39, 0.29) is 5.41 Å². The fourth-order valence-corrected chi connectivity index (χ4v) is 2.82. The van der Waals surface area contributed by atoms with E-state index in [1.165, 1.54) is 32.1 Å². The van der Waals surface area contributed by atoms with Crippen LogP contribution in [0.25, 0.3) is 0 Å². The lowest BCUT2D eigenvalue weighted by Crippen LogP contribution is -2.23. The molecule has 1 aliphatic rings. The molecular formula is C13H22ClN3. The number of rotatable bonds is 2. The zero-order valence-electron chi connectivity index (χ0n) is 11.0. The summed E-state index contributed by atoms with van der Waals surface area (Å²) in [6.07, 6.45) is 6.74. The second kappa shape index (κ2) is 4.97. The van der Waals surface area contributed by atoms with Crippen LogP contribution in [0.4, 0.5) is 0 Å². The molecule has 0 radical (unpaired) electrons. The first-order chi connectivity index (χ1) is 7.98. The smallest absolute Gasteiger partial charge is 0.225 e. The van der Waals surface area contributed by atoms with Gasteiger partial charge >= 0.3 is 0 Å². The Hall–Kier alpha value is -0.570. The summed E-state index contributed by atoms with van der Waals surface area (Å²) < 4.78 is 2.11. The van der Waals surface area contributed by atoms with Crippen molar-refractivity contribution in [3.05, 3.63) is 11.1 Å². The van der Waals surface area contributed by atoms with Gasteiger partial charge in [-0.25, -0.2) is 0 Å². The molecule has 1 aromatic rings. The molecule has 0 saturated heterocycles. The molecule has 0 spiro atoms. The van der Waals surface area contributed by atoms with E-state index in [9.17, 15) is 0 Å². The minimum atomic E-state index is 0.00874. The van der Waals surface area contributed by atoms with E-state index >= 15 is 0 Å². The zero-order chi connectivity index (χ0) is 12.5. The fraction of sp³-hybridized carbons (Fsp3) is 0.846. The average molecular weight is 256 g/mol. The van der Waals surface area contributed by atoms with Crippen molar-refractivity contribution >= 4 is 11.6 Å². The van der Waals surface area contributed by atoms with E-state index < -0.39 is 0 Å². The Morgan fingerprint density at radius 1 is 1.18 bits per heavy atom. The number of nitrogens with zero attached hydrogens (tertiary/aromatic N) is 3. The summed E-state index contributed by atoms with van der Waals surface area (Å²) in [6, 6.07) is 0. The third-order valence-electron chi connectivity index (χ3n) is 3.54. The van der Waals surface area contributed by atoms with Gasteiger partial charge in [0.25, 0.3) is 0 Å². The Morgan fingerprint density at radius 3 is 2.41 bits per heavy atom. The van der Waals surface area contributed by atoms with Gasteiger partial charge in [0.1, 0.15) is 5.82 Å². The van der Waals surface area contributed by atoms with Crippen LogP contribution in [0.3, 0.4) is 0 Å². The monoisotopic (exact) mass is 255 g/mol. The molecule has 0 bridgehead atoms. The van der Waals surface area contributed by atoms with Crippen LogP contribution >= 0.6 is 11.6 Å². The minimum Gasteiger partial charge on any atom is -0.301 e. The molecule has 1 heterocycles. The van der Waals surface area contributed by atoms with Gasteiger partial charge in [0.2, 0.25) is 5.28 Å². The van der Waals surface area contributed by atoms with E-state index in [1.54, 1.807) is 0 Å². The molecule has 1 saturated carbocycles. The highest BCUT2D eigenvalue weighted by molar-refractivity contribution is 6.28. The Labute approximate surface area is 109 Å². The predicted octanol–water partition coefficient (Wildman–Crippen LogP) is 3.81. The molecule has 1 fully saturated rings. The summed E-state index contributed by atoms with van der Waals surface area (Å²) >= 11 is 6.16. The Kier molecular flexibility index (Phi) is 3.76. The van der Waals surface area contributed by atoms with E-state index in [0.29, 0.717) is 5.28 Å². The number of aromatic nitrogens is 3. The maximum Gasteiger partial charge on any atom is 0.225 e. The molecule has 96 valence electrons. The number of halogens is 1. The highest BCUT2D eigenvalue weighted by Gasteiger charge is 2.25. The molecule has 0 atom stereocenters. The van der Waals surface area contributed by atoms with Crippen LogP contribution in [0, 0.1) is 5.92 Å². The zero-order valence-corrected chi connectivity index (χ0v) is 11.8. The minimum absolute atomic E-state index is 0.00874. The lowest BCUT2D eigenvalue weighted by Gasteiger charge is -2.25. The molecule has 3 nitrogen and oxygen atoms in total. The van der Waals surface area contributed by atoms with Gasteiger partial charge in [-0.2, -0.15) is 0 Å². The number of hydrogen-bond donors (Lipinski definition) is 0. The van der Waals surface area contributed by atoms with Gasteiger partial charge in [-0.05, 0) is 30.4 Å². The quantitative estimate of drug-likeness (QED) is 0.805. The molecule has 17 heavy (non-hydrogen) atoms. The summed E-state index contributed by atoms with van der Waals surface area (Å²) in [4.78, 5) is 0. The summed E-state index contributed by atoms with van der Waals surface area (Å²) in [5.41, 5.74) is 0.00874. The van der Waals surface area contributed by atoms with E-state index in [0.717, 1.165) is 18.3 Å². The SMILES string of the molecule is CC(C)(C)c1nnc(Cl)n1CC1CCCCC1. The third kappa shape index (κ3) is 3.01. The van der Waals surface area contributed by atoms with E-state index in [1.807, 2.05) is 0 Å². The normalized spacial score (nSPS) is 18.6. The topological polar surface area (TPSA) is 30.7 Å². The third-order valence-corrected chi connectivity index (χ3v) is 3.82. The molecule has 0 unspecified atom stereocenters. The summed E-state index contributed by atoms with van der Waals surface area (Å²) in [5, 5.41) is 8.80. The molecule has 0 aliphatic heterocycles. The maximum absolute atomic E-state index is 6.16. The van der Waals surface area contributed by atoms with Crippen molar-refractivity contribution in [2.75, 3.05) is 0 Å².